The molecular formula is C15H19N3. The van der Waals surface area contributed by atoms with E-state index in [1.807, 2.05) is 19.2 Å². The minimum Gasteiger partial charge on any atom is -0.383 e. The Morgan fingerprint density at radius 1 is 1.28 bits per heavy atom. The first-order valence-corrected chi connectivity index (χ1v) is 6.14. The molecule has 0 bridgehead atoms. The fraction of sp³-hybridized carbons (Fsp3) is 0.267. The van der Waals surface area contributed by atoms with Crippen LogP contribution in [0.4, 0.5) is 5.82 Å². The smallest absolute Gasteiger partial charge is 0.128 e. The average Bonchev–Trinajstić information content (AvgIpc) is 2.37. The molecule has 0 amide bonds. The van der Waals surface area contributed by atoms with E-state index in [1.165, 1.54) is 11.1 Å². The van der Waals surface area contributed by atoms with Crippen LogP contribution in [-0.2, 0) is 6.42 Å². The summed E-state index contributed by atoms with van der Waals surface area (Å²) in [7, 11) is 1.95. The lowest BCUT2D eigenvalue weighted by Gasteiger charge is -2.18. The number of aryl methyl sites for hydroxylation is 1. The summed E-state index contributed by atoms with van der Waals surface area (Å²) in [5.41, 5.74) is 9.57. The molecule has 0 saturated carbocycles. The summed E-state index contributed by atoms with van der Waals surface area (Å²) in [6.07, 6.45) is 2.63. The van der Waals surface area contributed by atoms with Crippen LogP contribution in [0, 0.1) is 6.92 Å². The number of hydrogen-bond acceptors (Lipinski definition) is 3. The highest BCUT2D eigenvalue weighted by Gasteiger charge is 2.13. The molecule has 1 aromatic heterocycles. The lowest BCUT2D eigenvalue weighted by Crippen LogP contribution is -2.20. The first-order valence-electron chi connectivity index (χ1n) is 6.14. The summed E-state index contributed by atoms with van der Waals surface area (Å²) in [5.74, 6) is 0.601. The van der Waals surface area contributed by atoms with Gasteiger partial charge >= 0.3 is 0 Å². The Morgan fingerprint density at radius 3 is 2.78 bits per heavy atom. The second-order valence-electron chi connectivity index (χ2n) is 4.51. The summed E-state index contributed by atoms with van der Waals surface area (Å²) in [5, 5.41) is 3.31. The van der Waals surface area contributed by atoms with Crippen molar-refractivity contribution in [1.82, 2.24) is 10.3 Å². The fourth-order valence-electron chi connectivity index (χ4n) is 2.17. The molecule has 0 saturated heterocycles. The highest BCUT2D eigenvalue weighted by Crippen LogP contribution is 2.22. The Kier molecular flexibility index (Phi) is 3.95. The molecule has 1 aromatic carbocycles. The molecule has 18 heavy (non-hydrogen) atoms. The number of hydrogen-bond donors (Lipinski definition) is 2. The molecule has 0 aliphatic carbocycles. The van der Waals surface area contributed by atoms with Gasteiger partial charge in [0.25, 0.3) is 0 Å². The van der Waals surface area contributed by atoms with Gasteiger partial charge in [0.2, 0.25) is 0 Å². The molecule has 0 fully saturated rings. The van der Waals surface area contributed by atoms with Crippen LogP contribution in [0.1, 0.15) is 22.7 Å². The minimum absolute atomic E-state index is 0.195. The molecular weight excluding hydrogens is 222 g/mol. The summed E-state index contributed by atoms with van der Waals surface area (Å²) in [6, 6.07) is 12.7. The third-order valence-corrected chi connectivity index (χ3v) is 3.12. The van der Waals surface area contributed by atoms with Crippen molar-refractivity contribution < 1.29 is 0 Å². The van der Waals surface area contributed by atoms with Gasteiger partial charge in [0, 0.05) is 17.8 Å². The molecule has 0 aliphatic rings. The summed E-state index contributed by atoms with van der Waals surface area (Å²) >= 11 is 0. The Labute approximate surface area is 108 Å². The Hall–Kier alpha value is -1.87. The molecule has 94 valence electrons. The topological polar surface area (TPSA) is 50.9 Å². The third kappa shape index (κ3) is 2.87. The van der Waals surface area contributed by atoms with Gasteiger partial charge in [0.05, 0.1) is 0 Å². The van der Waals surface area contributed by atoms with E-state index < -0.39 is 0 Å². The van der Waals surface area contributed by atoms with Crippen LogP contribution in [-0.4, -0.2) is 12.0 Å². The van der Waals surface area contributed by atoms with Crippen LogP contribution in [0.3, 0.4) is 0 Å². The van der Waals surface area contributed by atoms with Gasteiger partial charge in [0.15, 0.2) is 0 Å². The van der Waals surface area contributed by atoms with Gasteiger partial charge in [-0.1, -0.05) is 35.9 Å². The van der Waals surface area contributed by atoms with Crippen LogP contribution < -0.4 is 11.1 Å². The van der Waals surface area contributed by atoms with Gasteiger partial charge in [-0.25, -0.2) is 4.98 Å². The first kappa shape index (κ1) is 12.6. The zero-order valence-corrected chi connectivity index (χ0v) is 10.9. The SMILES string of the molecule is CNC(Cc1cccc(C)c1)c1cccnc1N. The summed E-state index contributed by atoms with van der Waals surface area (Å²) in [6.45, 7) is 2.11. The maximum Gasteiger partial charge on any atom is 0.128 e. The highest BCUT2D eigenvalue weighted by atomic mass is 14.9. The molecule has 1 unspecified atom stereocenters. The van der Waals surface area contributed by atoms with Crippen LogP contribution in [0.15, 0.2) is 42.6 Å². The van der Waals surface area contributed by atoms with Crippen LogP contribution in [0.25, 0.3) is 0 Å². The molecule has 2 rings (SSSR count). The third-order valence-electron chi connectivity index (χ3n) is 3.12. The molecule has 3 heteroatoms. The predicted octanol–water partition coefficient (Wildman–Crippen LogP) is 2.48. The second kappa shape index (κ2) is 5.65. The van der Waals surface area contributed by atoms with Gasteiger partial charge in [-0.05, 0) is 32.0 Å². The van der Waals surface area contributed by atoms with E-state index in [-0.39, 0.29) is 6.04 Å². The zero-order chi connectivity index (χ0) is 13.0. The van der Waals surface area contributed by atoms with Crippen molar-refractivity contribution >= 4 is 5.82 Å². The molecule has 3 N–H and O–H groups in total. The summed E-state index contributed by atoms with van der Waals surface area (Å²) in [4.78, 5) is 4.14. The number of nitrogens with two attached hydrogens (primary N) is 1. The molecule has 0 spiro atoms. The van der Waals surface area contributed by atoms with Crippen molar-refractivity contribution in [3.63, 3.8) is 0 Å². The molecule has 0 aliphatic heterocycles. The molecule has 2 aromatic rings. The number of rotatable bonds is 4. The van der Waals surface area contributed by atoms with E-state index >= 15 is 0 Å². The minimum atomic E-state index is 0.195. The van der Waals surface area contributed by atoms with E-state index in [1.54, 1.807) is 6.20 Å². The van der Waals surface area contributed by atoms with Crippen molar-refractivity contribution in [2.45, 2.75) is 19.4 Å². The maximum atomic E-state index is 5.93. The normalized spacial score (nSPS) is 12.3. The van der Waals surface area contributed by atoms with Gasteiger partial charge in [0.1, 0.15) is 5.82 Å². The zero-order valence-electron chi connectivity index (χ0n) is 10.9. The largest absolute Gasteiger partial charge is 0.383 e. The monoisotopic (exact) mass is 241 g/mol. The first-order chi connectivity index (χ1) is 8.70. The van der Waals surface area contributed by atoms with Gasteiger partial charge < -0.3 is 11.1 Å². The number of likely N-dealkylation sites (N-methyl/N-ethyl adjacent to an activating group) is 1. The second-order valence-corrected chi connectivity index (χ2v) is 4.51. The fourth-order valence-corrected chi connectivity index (χ4v) is 2.17. The number of nitrogens with one attached hydrogen (secondary N) is 1. The van der Waals surface area contributed by atoms with E-state index in [4.69, 9.17) is 5.73 Å². The van der Waals surface area contributed by atoms with Crippen molar-refractivity contribution in [1.29, 1.82) is 0 Å². The van der Waals surface area contributed by atoms with E-state index in [0.29, 0.717) is 5.82 Å². The standard InChI is InChI=1S/C15H19N3/c1-11-5-3-6-12(9-11)10-14(17-2)13-7-4-8-18-15(13)16/h3-9,14,17H,10H2,1-2H3,(H2,16,18). The molecule has 0 radical (unpaired) electrons. The molecule has 1 heterocycles. The molecule has 1 atom stereocenters. The summed E-state index contributed by atoms with van der Waals surface area (Å²) < 4.78 is 0. The number of nitrogen functional groups attached to an aromatic ring is 1. The van der Waals surface area contributed by atoms with Crippen LogP contribution in [0.5, 0.6) is 0 Å². The Balaban J connectivity index is 2.23. The lowest BCUT2D eigenvalue weighted by molar-refractivity contribution is 0.592. The number of aromatic nitrogens is 1. The lowest BCUT2D eigenvalue weighted by atomic mass is 9.98. The van der Waals surface area contributed by atoms with E-state index in [0.717, 1.165) is 12.0 Å². The maximum absolute atomic E-state index is 5.93. The van der Waals surface area contributed by atoms with Gasteiger partial charge in [-0.3, -0.25) is 0 Å². The van der Waals surface area contributed by atoms with Crippen LogP contribution >= 0.6 is 0 Å². The van der Waals surface area contributed by atoms with Crippen molar-refractivity contribution in [2.75, 3.05) is 12.8 Å². The van der Waals surface area contributed by atoms with Crippen LogP contribution in [0.2, 0.25) is 0 Å². The number of pyridine rings is 1. The van der Waals surface area contributed by atoms with Crippen molar-refractivity contribution in [3.8, 4) is 0 Å². The average molecular weight is 241 g/mol. The van der Waals surface area contributed by atoms with Gasteiger partial charge in [-0.15, -0.1) is 0 Å². The van der Waals surface area contributed by atoms with Crippen molar-refractivity contribution in [3.05, 3.63) is 59.3 Å². The molecule has 3 nitrogen and oxygen atoms in total. The van der Waals surface area contributed by atoms with Crippen molar-refractivity contribution in [2.24, 2.45) is 0 Å². The number of nitrogens with zero attached hydrogens (tertiary/aromatic N) is 1. The Bertz CT molecular complexity index is 523. The quantitative estimate of drug-likeness (QED) is 0.864. The van der Waals surface area contributed by atoms with E-state index in [2.05, 4.69) is 41.5 Å². The Morgan fingerprint density at radius 2 is 2.11 bits per heavy atom. The number of anilines is 1. The predicted molar refractivity (Wildman–Crippen MR) is 75.3 cm³/mol. The van der Waals surface area contributed by atoms with E-state index in [9.17, 15) is 0 Å². The van der Waals surface area contributed by atoms with Gasteiger partial charge in [-0.2, -0.15) is 0 Å². The number of benzene rings is 1. The highest BCUT2D eigenvalue weighted by molar-refractivity contribution is 5.41.